The summed E-state index contributed by atoms with van der Waals surface area (Å²) in [5.74, 6) is 1.96. The van der Waals surface area contributed by atoms with Crippen molar-refractivity contribution in [3.8, 4) is 11.5 Å². The third kappa shape index (κ3) is 3.56. The maximum atomic E-state index is 5.72. The smallest absolute Gasteiger partial charge is 0.243 e. The minimum atomic E-state index is 0.491. The normalized spacial score (nSPS) is 10.3. The number of aromatic nitrogens is 4. The van der Waals surface area contributed by atoms with Gasteiger partial charge in [0.15, 0.2) is 11.5 Å². The molecule has 7 nitrogen and oxygen atoms in total. The van der Waals surface area contributed by atoms with Gasteiger partial charge in [0.2, 0.25) is 5.95 Å². The molecule has 0 saturated heterocycles. The zero-order valence-electron chi connectivity index (χ0n) is 12.5. The minimum absolute atomic E-state index is 0.491. The standard InChI is InChI=1S/C14H18BrN5O2/c1-4-8-20-14(17-18-19-20)16-9-10-11(15)6-7-12(21-3)13(10)22-5-2/h4,6-7H,1,5,8-9H2,2-3H3,(H,16,17,19). The molecule has 0 aliphatic rings. The van der Waals surface area contributed by atoms with Crippen LogP contribution in [0.4, 0.5) is 5.95 Å². The lowest BCUT2D eigenvalue weighted by Crippen LogP contribution is -2.10. The van der Waals surface area contributed by atoms with Crippen LogP contribution in [0, 0.1) is 0 Å². The molecular weight excluding hydrogens is 350 g/mol. The summed E-state index contributed by atoms with van der Waals surface area (Å²) >= 11 is 3.54. The first-order valence-corrected chi connectivity index (χ1v) is 7.59. The molecule has 2 aromatic rings. The Morgan fingerprint density at radius 2 is 2.27 bits per heavy atom. The van der Waals surface area contributed by atoms with E-state index in [-0.39, 0.29) is 0 Å². The molecule has 22 heavy (non-hydrogen) atoms. The average Bonchev–Trinajstić information content (AvgIpc) is 2.95. The summed E-state index contributed by atoms with van der Waals surface area (Å²) in [5, 5.41) is 14.7. The van der Waals surface area contributed by atoms with Crippen molar-refractivity contribution >= 4 is 21.9 Å². The predicted molar refractivity (Wildman–Crippen MR) is 87.2 cm³/mol. The highest BCUT2D eigenvalue weighted by molar-refractivity contribution is 9.10. The van der Waals surface area contributed by atoms with Gasteiger partial charge in [0, 0.05) is 16.6 Å². The Balaban J connectivity index is 2.24. The van der Waals surface area contributed by atoms with Crippen LogP contribution in [0.25, 0.3) is 0 Å². The third-order valence-electron chi connectivity index (χ3n) is 2.93. The van der Waals surface area contributed by atoms with Gasteiger partial charge in [-0.15, -0.1) is 6.58 Å². The molecule has 8 heteroatoms. The first-order valence-electron chi connectivity index (χ1n) is 6.80. The Hall–Kier alpha value is -2.09. The molecule has 2 rings (SSSR count). The number of halogens is 1. The lowest BCUT2D eigenvalue weighted by Gasteiger charge is -2.16. The maximum absolute atomic E-state index is 5.72. The summed E-state index contributed by atoms with van der Waals surface area (Å²) in [7, 11) is 1.62. The zero-order valence-corrected chi connectivity index (χ0v) is 14.1. The van der Waals surface area contributed by atoms with E-state index in [1.165, 1.54) is 0 Å². The number of nitrogens with zero attached hydrogens (tertiary/aromatic N) is 4. The number of allylic oxidation sites excluding steroid dienone is 1. The Kier molecular flexibility index (Phi) is 5.76. The Labute approximate surface area is 137 Å². The molecule has 0 aliphatic heterocycles. The van der Waals surface area contributed by atoms with Gasteiger partial charge in [-0.2, -0.15) is 0 Å². The number of hydrogen-bond donors (Lipinski definition) is 1. The molecule has 0 bridgehead atoms. The number of anilines is 1. The SMILES string of the molecule is C=CCn1nnnc1NCc1c(Br)ccc(OC)c1OCC. The van der Waals surface area contributed by atoms with E-state index in [0.29, 0.717) is 37.1 Å². The van der Waals surface area contributed by atoms with Crippen LogP contribution in [0.5, 0.6) is 11.5 Å². The van der Waals surface area contributed by atoms with Crippen LogP contribution in [-0.2, 0) is 13.1 Å². The van der Waals surface area contributed by atoms with E-state index in [2.05, 4.69) is 43.4 Å². The topological polar surface area (TPSA) is 74.1 Å². The Morgan fingerprint density at radius 3 is 2.95 bits per heavy atom. The largest absolute Gasteiger partial charge is 0.493 e. The predicted octanol–water partition coefficient (Wildman–Crippen LogP) is 2.64. The number of tetrazole rings is 1. The molecule has 0 amide bonds. The molecule has 1 N–H and O–H groups in total. The van der Waals surface area contributed by atoms with Crippen LogP contribution in [0.1, 0.15) is 12.5 Å². The first-order chi connectivity index (χ1) is 10.7. The zero-order chi connectivity index (χ0) is 15.9. The molecular formula is C14H18BrN5O2. The molecule has 1 aromatic heterocycles. The van der Waals surface area contributed by atoms with Crippen molar-refractivity contribution < 1.29 is 9.47 Å². The van der Waals surface area contributed by atoms with Gasteiger partial charge in [-0.05, 0) is 29.5 Å². The van der Waals surface area contributed by atoms with Crippen LogP contribution in [0.3, 0.4) is 0 Å². The lowest BCUT2D eigenvalue weighted by molar-refractivity contribution is 0.307. The van der Waals surface area contributed by atoms with Gasteiger partial charge in [-0.1, -0.05) is 27.1 Å². The highest BCUT2D eigenvalue weighted by Crippen LogP contribution is 2.36. The maximum Gasteiger partial charge on any atom is 0.243 e. The Bertz CT molecular complexity index is 644. The molecule has 0 unspecified atom stereocenters. The van der Waals surface area contributed by atoms with Crippen LogP contribution >= 0.6 is 15.9 Å². The van der Waals surface area contributed by atoms with Gasteiger partial charge >= 0.3 is 0 Å². The summed E-state index contributed by atoms with van der Waals surface area (Å²) in [6.07, 6.45) is 1.73. The van der Waals surface area contributed by atoms with Gasteiger partial charge in [0.25, 0.3) is 0 Å². The van der Waals surface area contributed by atoms with Crippen LogP contribution in [-0.4, -0.2) is 33.9 Å². The summed E-state index contributed by atoms with van der Waals surface area (Å²) in [6, 6.07) is 3.78. The number of ether oxygens (including phenoxy) is 2. The van der Waals surface area contributed by atoms with Gasteiger partial charge in [-0.3, -0.25) is 0 Å². The fourth-order valence-electron chi connectivity index (χ4n) is 1.95. The second-order valence-electron chi connectivity index (χ2n) is 4.32. The lowest BCUT2D eigenvalue weighted by atomic mass is 10.2. The number of benzene rings is 1. The van der Waals surface area contributed by atoms with E-state index >= 15 is 0 Å². The van der Waals surface area contributed by atoms with E-state index in [1.807, 2.05) is 19.1 Å². The molecule has 0 radical (unpaired) electrons. The molecule has 0 atom stereocenters. The molecule has 1 aromatic carbocycles. The highest BCUT2D eigenvalue weighted by atomic mass is 79.9. The molecule has 118 valence electrons. The summed E-state index contributed by atoms with van der Waals surface area (Å²) < 4.78 is 13.6. The molecule has 0 saturated carbocycles. The minimum Gasteiger partial charge on any atom is -0.493 e. The second-order valence-corrected chi connectivity index (χ2v) is 5.17. The van der Waals surface area contributed by atoms with Gasteiger partial charge in [-0.25, -0.2) is 4.68 Å². The van der Waals surface area contributed by atoms with E-state index < -0.39 is 0 Å². The first kappa shape index (κ1) is 16.3. The van der Waals surface area contributed by atoms with Crippen molar-refractivity contribution in [2.24, 2.45) is 0 Å². The van der Waals surface area contributed by atoms with Gasteiger partial charge < -0.3 is 14.8 Å². The van der Waals surface area contributed by atoms with E-state index in [0.717, 1.165) is 10.0 Å². The van der Waals surface area contributed by atoms with E-state index in [9.17, 15) is 0 Å². The summed E-state index contributed by atoms with van der Waals surface area (Å²) in [4.78, 5) is 0. The van der Waals surface area contributed by atoms with Crippen molar-refractivity contribution in [1.29, 1.82) is 0 Å². The van der Waals surface area contributed by atoms with Gasteiger partial charge in [0.1, 0.15) is 0 Å². The average molecular weight is 368 g/mol. The van der Waals surface area contributed by atoms with E-state index in [1.54, 1.807) is 17.9 Å². The third-order valence-corrected chi connectivity index (χ3v) is 3.68. The van der Waals surface area contributed by atoms with Crippen LogP contribution in [0.15, 0.2) is 29.3 Å². The molecule has 0 aliphatic carbocycles. The van der Waals surface area contributed by atoms with Crippen molar-refractivity contribution in [3.05, 3.63) is 34.8 Å². The fraction of sp³-hybridized carbons (Fsp3) is 0.357. The quantitative estimate of drug-likeness (QED) is 0.723. The van der Waals surface area contributed by atoms with Crippen molar-refractivity contribution in [3.63, 3.8) is 0 Å². The second kappa shape index (κ2) is 7.79. The van der Waals surface area contributed by atoms with Crippen molar-refractivity contribution in [2.75, 3.05) is 19.0 Å². The highest BCUT2D eigenvalue weighted by Gasteiger charge is 2.15. The Morgan fingerprint density at radius 1 is 1.45 bits per heavy atom. The number of methoxy groups -OCH3 is 1. The summed E-state index contributed by atoms with van der Waals surface area (Å²) in [6.45, 7) is 7.19. The van der Waals surface area contributed by atoms with Gasteiger partial charge in [0.05, 0.1) is 20.3 Å². The number of rotatable bonds is 8. The molecule has 0 fully saturated rings. The van der Waals surface area contributed by atoms with E-state index in [4.69, 9.17) is 9.47 Å². The van der Waals surface area contributed by atoms with Crippen molar-refractivity contribution in [1.82, 2.24) is 20.2 Å². The fourth-order valence-corrected chi connectivity index (χ4v) is 2.41. The monoisotopic (exact) mass is 367 g/mol. The van der Waals surface area contributed by atoms with Crippen LogP contribution in [0.2, 0.25) is 0 Å². The molecule has 0 spiro atoms. The van der Waals surface area contributed by atoms with Crippen LogP contribution < -0.4 is 14.8 Å². The summed E-state index contributed by atoms with van der Waals surface area (Å²) in [5.41, 5.74) is 0.939. The number of hydrogen-bond acceptors (Lipinski definition) is 6. The van der Waals surface area contributed by atoms with Crippen molar-refractivity contribution in [2.45, 2.75) is 20.0 Å². The number of nitrogens with one attached hydrogen (secondary N) is 1. The molecule has 1 heterocycles.